The van der Waals surface area contributed by atoms with Crippen LogP contribution in [-0.4, -0.2) is 55.2 Å². The first kappa shape index (κ1) is 17.8. The number of likely N-dealkylation sites (tertiary alicyclic amines) is 1. The summed E-state index contributed by atoms with van der Waals surface area (Å²) in [7, 11) is 1.71. The van der Waals surface area contributed by atoms with Crippen molar-refractivity contribution in [1.29, 1.82) is 0 Å². The highest BCUT2D eigenvalue weighted by molar-refractivity contribution is 5.87. The topological polar surface area (TPSA) is 38.8 Å². The van der Waals surface area contributed by atoms with Crippen molar-refractivity contribution < 1.29 is 14.3 Å². The van der Waals surface area contributed by atoms with Crippen molar-refractivity contribution >= 4 is 5.78 Å². The molecule has 0 N–H and O–H groups in total. The molecule has 4 aliphatic rings. The van der Waals surface area contributed by atoms with Crippen LogP contribution in [0.4, 0.5) is 0 Å². The summed E-state index contributed by atoms with van der Waals surface area (Å²) in [6.45, 7) is 5.01. The molecular formula is C23H31NO3. The lowest BCUT2D eigenvalue weighted by Crippen LogP contribution is -2.78. The molecule has 4 heteroatoms. The summed E-state index contributed by atoms with van der Waals surface area (Å²) in [6, 6.07) is 9.09. The predicted octanol–water partition coefficient (Wildman–Crippen LogP) is 3.12. The van der Waals surface area contributed by atoms with Gasteiger partial charge in [-0.3, -0.25) is 9.69 Å². The van der Waals surface area contributed by atoms with Crippen LogP contribution in [0, 0.1) is 5.92 Å². The van der Waals surface area contributed by atoms with E-state index in [1.165, 1.54) is 30.5 Å². The van der Waals surface area contributed by atoms with E-state index in [1.54, 1.807) is 7.11 Å². The summed E-state index contributed by atoms with van der Waals surface area (Å²) in [4.78, 5) is 15.7. The third kappa shape index (κ3) is 2.36. The molecule has 0 amide bonds. The minimum atomic E-state index is -0.398. The van der Waals surface area contributed by atoms with Gasteiger partial charge in [0.2, 0.25) is 0 Å². The van der Waals surface area contributed by atoms with Crippen molar-refractivity contribution in [1.82, 2.24) is 4.90 Å². The van der Waals surface area contributed by atoms with Crippen molar-refractivity contribution in [3.05, 3.63) is 35.4 Å². The number of Topliss-reactive ketones (excluding diaryl/α,β-unsaturated/α-hetero) is 1. The predicted molar refractivity (Wildman–Crippen MR) is 104 cm³/mol. The van der Waals surface area contributed by atoms with Crippen molar-refractivity contribution in [2.24, 2.45) is 5.92 Å². The Balaban J connectivity index is 1.71. The Hall–Kier alpha value is -1.23. The number of nitrogens with zero attached hydrogens (tertiary/aromatic N) is 1. The molecule has 146 valence electrons. The van der Waals surface area contributed by atoms with Crippen LogP contribution >= 0.6 is 0 Å². The first-order chi connectivity index (χ1) is 13.2. The number of benzene rings is 1. The van der Waals surface area contributed by atoms with Gasteiger partial charge in [0, 0.05) is 32.7 Å². The summed E-state index contributed by atoms with van der Waals surface area (Å²) in [5.41, 5.74) is 2.01. The standard InChI is InChI=1S/C23H31NO3/c1-3-27-23-11-10-19(25)21(26-2)22(23)12-13-24(15-16-8-9-16)20(23)14-17-6-4-5-7-18(17)22/h4-7,16,20-21H,3,8-15H2,1-2H3/t20-,21?,22+,23?/m1/s1. The number of ether oxygens (including phenoxy) is 2. The van der Waals surface area contributed by atoms with E-state index < -0.39 is 6.10 Å². The number of piperidine rings is 1. The van der Waals surface area contributed by atoms with Crippen molar-refractivity contribution in [3.8, 4) is 0 Å². The maximum Gasteiger partial charge on any atom is 0.162 e. The summed E-state index contributed by atoms with van der Waals surface area (Å²) >= 11 is 0. The van der Waals surface area contributed by atoms with Gasteiger partial charge in [-0.15, -0.1) is 0 Å². The zero-order chi connectivity index (χ0) is 18.6. The van der Waals surface area contributed by atoms with Crippen molar-refractivity contribution in [2.75, 3.05) is 26.8 Å². The molecule has 0 aromatic heterocycles. The van der Waals surface area contributed by atoms with Crippen LogP contribution in [0.1, 0.15) is 50.2 Å². The fourth-order valence-electron chi connectivity index (χ4n) is 6.61. The van der Waals surface area contributed by atoms with Crippen LogP contribution in [0.5, 0.6) is 0 Å². The van der Waals surface area contributed by atoms with E-state index in [2.05, 4.69) is 36.1 Å². The number of rotatable bonds is 5. The Morgan fingerprint density at radius 3 is 2.78 bits per heavy atom. The molecule has 4 atom stereocenters. The molecule has 1 aromatic rings. The number of carbonyl (C=O) groups is 1. The van der Waals surface area contributed by atoms with Crippen LogP contribution in [-0.2, 0) is 26.1 Å². The largest absolute Gasteiger partial charge is 0.373 e. The third-order valence-electron chi connectivity index (χ3n) is 7.75. The number of methoxy groups -OCH3 is 1. The van der Waals surface area contributed by atoms with Gasteiger partial charge < -0.3 is 9.47 Å². The molecule has 1 aliphatic heterocycles. The highest BCUT2D eigenvalue weighted by Crippen LogP contribution is 2.60. The Morgan fingerprint density at radius 1 is 1.22 bits per heavy atom. The average molecular weight is 370 g/mol. The molecule has 5 rings (SSSR count). The Bertz CT molecular complexity index is 745. The third-order valence-corrected chi connectivity index (χ3v) is 7.75. The lowest BCUT2D eigenvalue weighted by Gasteiger charge is -2.66. The SMILES string of the molecule is CCOC12CCC(=O)C(OC)[C@@]13CCN(CC1CC1)[C@@H]2Cc1ccccc13. The van der Waals surface area contributed by atoms with Gasteiger partial charge in [-0.25, -0.2) is 0 Å². The molecule has 0 spiro atoms. The van der Waals surface area contributed by atoms with Crippen LogP contribution < -0.4 is 0 Å². The molecule has 27 heavy (non-hydrogen) atoms. The zero-order valence-corrected chi connectivity index (χ0v) is 16.6. The van der Waals surface area contributed by atoms with Crippen LogP contribution in [0.3, 0.4) is 0 Å². The molecule has 2 unspecified atom stereocenters. The number of hydrogen-bond acceptors (Lipinski definition) is 4. The highest BCUT2D eigenvalue weighted by atomic mass is 16.5. The summed E-state index contributed by atoms with van der Waals surface area (Å²) in [5.74, 6) is 1.11. The second-order valence-corrected chi connectivity index (χ2v) is 8.94. The van der Waals surface area contributed by atoms with E-state index in [-0.39, 0.29) is 16.8 Å². The maximum atomic E-state index is 13.0. The zero-order valence-electron chi connectivity index (χ0n) is 16.6. The summed E-state index contributed by atoms with van der Waals surface area (Å²) in [5, 5.41) is 0. The van der Waals surface area contributed by atoms with E-state index in [9.17, 15) is 4.79 Å². The number of ketones is 1. The number of fused-ring (bicyclic) bond motifs is 1. The van der Waals surface area contributed by atoms with Gasteiger partial charge in [0.05, 0.1) is 11.0 Å². The molecule has 4 nitrogen and oxygen atoms in total. The van der Waals surface area contributed by atoms with Crippen LogP contribution in [0.25, 0.3) is 0 Å². The summed E-state index contributed by atoms with van der Waals surface area (Å²) in [6.07, 6.45) is 5.69. The van der Waals surface area contributed by atoms with Crippen LogP contribution in [0.15, 0.2) is 24.3 Å². The van der Waals surface area contributed by atoms with Gasteiger partial charge in [0.25, 0.3) is 0 Å². The minimum absolute atomic E-state index is 0.249. The average Bonchev–Trinajstić information content (AvgIpc) is 3.49. The Kier molecular flexibility index (Phi) is 4.23. The smallest absolute Gasteiger partial charge is 0.162 e. The lowest BCUT2D eigenvalue weighted by molar-refractivity contribution is -0.226. The molecule has 3 aliphatic carbocycles. The highest BCUT2D eigenvalue weighted by Gasteiger charge is 2.70. The van der Waals surface area contributed by atoms with Gasteiger partial charge in [-0.1, -0.05) is 24.3 Å². The maximum absolute atomic E-state index is 13.0. The molecule has 1 heterocycles. The van der Waals surface area contributed by atoms with E-state index in [1.807, 2.05) is 0 Å². The molecular weight excluding hydrogens is 338 g/mol. The minimum Gasteiger partial charge on any atom is -0.373 e. The van der Waals surface area contributed by atoms with Gasteiger partial charge >= 0.3 is 0 Å². The quantitative estimate of drug-likeness (QED) is 0.799. The fraction of sp³-hybridized carbons (Fsp3) is 0.696. The molecule has 2 bridgehead atoms. The molecule has 2 saturated carbocycles. The van der Waals surface area contributed by atoms with E-state index >= 15 is 0 Å². The number of hydrogen-bond donors (Lipinski definition) is 0. The van der Waals surface area contributed by atoms with Gasteiger partial charge in [-0.2, -0.15) is 0 Å². The van der Waals surface area contributed by atoms with Crippen molar-refractivity contribution in [2.45, 2.75) is 68.6 Å². The first-order valence-electron chi connectivity index (χ1n) is 10.7. The monoisotopic (exact) mass is 369 g/mol. The summed E-state index contributed by atoms with van der Waals surface area (Å²) < 4.78 is 12.7. The van der Waals surface area contributed by atoms with E-state index in [4.69, 9.17) is 9.47 Å². The lowest BCUT2D eigenvalue weighted by atomic mass is 9.48. The molecule has 0 radical (unpaired) electrons. The molecule has 1 saturated heterocycles. The number of carbonyl (C=O) groups excluding carboxylic acids is 1. The normalized spacial score (nSPS) is 38.4. The molecule has 1 aromatic carbocycles. The fourth-order valence-corrected chi connectivity index (χ4v) is 6.61. The van der Waals surface area contributed by atoms with Gasteiger partial charge in [0.15, 0.2) is 5.78 Å². The second kappa shape index (κ2) is 6.40. The van der Waals surface area contributed by atoms with E-state index in [0.717, 1.165) is 31.7 Å². The van der Waals surface area contributed by atoms with Gasteiger partial charge in [0.1, 0.15) is 6.10 Å². The van der Waals surface area contributed by atoms with Crippen LogP contribution in [0.2, 0.25) is 0 Å². The Morgan fingerprint density at radius 2 is 2.04 bits per heavy atom. The van der Waals surface area contributed by atoms with Crippen molar-refractivity contribution in [3.63, 3.8) is 0 Å². The van der Waals surface area contributed by atoms with Gasteiger partial charge in [-0.05, 0) is 62.6 Å². The second-order valence-electron chi connectivity index (χ2n) is 8.94. The first-order valence-corrected chi connectivity index (χ1v) is 10.7. The Labute approximate surface area is 162 Å². The molecule has 3 fully saturated rings. The van der Waals surface area contributed by atoms with E-state index in [0.29, 0.717) is 19.1 Å².